The molecule has 4 nitrogen and oxygen atoms in total. The fourth-order valence-electron chi connectivity index (χ4n) is 2.74. The Balaban J connectivity index is 1.85. The van der Waals surface area contributed by atoms with Crippen molar-refractivity contribution in [3.63, 3.8) is 0 Å². The average Bonchev–Trinajstić information content (AvgIpc) is 2.66. The summed E-state index contributed by atoms with van der Waals surface area (Å²) in [6.45, 7) is 6.26. The molecule has 0 saturated carbocycles. The van der Waals surface area contributed by atoms with E-state index in [0.717, 1.165) is 17.7 Å². The van der Waals surface area contributed by atoms with Crippen molar-refractivity contribution in [1.82, 2.24) is 4.90 Å². The maximum Gasteiger partial charge on any atom is 0.410 e. The third-order valence-corrected chi connectivity index (χ3v) is 3.46. The molecule has 4 heteroatoms. The van der Waals surface area contributed by atoms with Gasteiger partial charge < -0.3 is 9.47 Å². The van der Waals surface area contributed by atoms with Crippen molar-refractivity contribution in [1.29, 1.82) is 0 Å². The number of amides is 1. The van der Waals surface area contributed by atoms with Crippen molar-refractivity contribution < 1.29 is 14.3 Å². The number of rotatable bonds is 0. The molecule has 0 aromatic heterocycles. The normalized spacial score (nSPS) is 24.7. The number of likely N-dealkylation sites (tertiary alicyclic amines) is 1. The van der Waals surface area contributed by atoms with Crippen LogP contribution < -0.4 is 4.74 Å². The van der Waals surface area contributed by atoms with Gasteiger partial charge in [-0.1, -0.05) is 18.2 Å². The number of hydrogen-bond acceptors (Lipinski definition) is 3. The second-order valence-corrected chi connectivity index (χ2v) is 6.16. The van der Waals surface area contributed by atoms with E-state index >= 15 is 0 Å². The first-order chi connectivity index (χ1) is 8.94. The molecule has 2 atom stereocenters. The van der Waals surface area contributed by atoms with Gasteiger partial charge in [0.05, 0.1) is 12.6 Å². The lowest BCUT2D eigenvalue weighted by atomic mass is 10.0. The quantitative estimate of drug-likeness (QED) is 0.720. The zero-order chi connectivity index (χ0) is 13.6. The van der Waals surface area contributed by atoms with Crippen molar-refractivity contribution in [3.8, 4) is 5.75 Å². The van der Waals surface area contributed by atoms with Gasteiger partial charge in [-0.2, -0.15) is 0 Å². The first-order valence-corrected chi connectivity index (χ1v) is 6.69. The Bertz CT molecular complexity index is 506. The number of carbonyl (C=O) groups excluding carboxylic acids is 1. The third-order valence-electron chi connectivity index (χ3n) is 3.46. The molecule has 1 aromatic carbocycles. The monoisotopic (exact) mass is 261 g/mol. The fourth-order valence-corrected chi connectivity index (χ4v) is 2.74. The van der Waals surface area contributed by atoms with Gasteiger partial charge in [0.25, 0.3) is 0 Å². The summed E-state index contributed by atoms with van der Waals surface area (Å²) in [4.78, 5) is 14.1. The summed E-state index contributed by atoms with van der Waals surface area (Å²) in [6, 6.07) is 8.02. The molecule has 1 saturated heterocycles. The highest BCUT2D eigenvalue weighted by molar-refractivity contribution is 5.70. The molecule has 0 radical (unpaired) electrons. The lowest BCUT2D eigenvalue weighted by Crippen LogP contribution is -2.36. The zero-order valence-corrected chi connectivity index (χ0v) is 11.6. The van der Waals surface area contributed by atoms with Crippen LogP contribution in [0.25, 0.3) is 0 Å². The van der Waals surface area contributed by atoms with E-state index in [0.29, 0.717) is 6.54 Å². The molecule has 0 N–H and O–H groups in total. The Hall–Kier alpha value is -1.71. The predicted molar refractivity (Wildman–Crippen MR) is 71.2 cm³/mol. The molecule has 1 amide bonds. The topological polar surface area (TPSA) is 38.8 Å². The minimum Gasteiger partial charge on any atom is -0.488 e. The van der Waals surface area contributed by atoms with Crippen LogP contribution in [0.15, 0.2) is 24.3 Å². The Morgan fingerprint density at radius 3 is 2.84 bits per heavy atom. The van der Waals surface area contributed by atoms with Crippen LogP contribution in [-0.4, -0.2) is 29.2 Å². The Labute approximate surface area is 113 Å². The molecule has 0 unspecified atom stereocenters. The largest absolute Gasteiger partial charge is 0.488 e. The van der Waals surface area contributed by atoms with Crippen LogP contribution >= 0.6 is 0 Å². The highest BCUT2D eigenvalue weighted by Crippen LogP contribution is 2.43. The smallest absolute Gasteiger partial charge is 0.410 e. The van der Waals surface area contributed by atoms with Crippen LogP contribution in [0.3, 0.4) is 0 Å². The number of ether oxygens (including phenoxy) is 2. The molecule has 2 aliphatic heterocycles. The standard InChI is InChI=1S/C15H19NO3/c1-15(2,3)19-14(17)16-9-10-8-12(16)11-6-4-5-7-13(11)18-10/h4-7,10,12H,8-9H2,1-3H3/t10-,12-/m0/s1. The van der Waals surface area contributed by atoms with Gasteiger partial charge in [0.1, 0.15) is 17.5 Å². The second-order valence-electron chi connectivity index (χ2n) is 6.16. The number of nitrogens with zero attached hydrogens (tertiary/aromatic N) is 1. The molecule has 19 heavy (non-hydrogen) atoms. The molecule has 2 aliphatic rings. The summed E-state index contributed by atoms with van der Waals surface area (Å²) in [6.07, 6.45) is 0.698. The van der Waals surface area contributed by atoms with Crippen LogP contribution in [0.5, 0.6) is 5.75 Å². The molecule has 2 heterocycles. The molecule has 102 valence electrons. The Morgan fingerprint density at radius 1 is 1.37 bits per heavy atom. The van der Waals surface area contributed by atoms with Gasteiger partial charge in [-0.3, -0.25) is 4.90 Å². The molecule has 3 rings (SSSR count). The van der Waals surface area contributed by atoms with Crippen LogP contribution in [0.4, 0.5) is 4.79 Å². The van der Waals surface area contributed by atoms with Gasteiger partial charge in [0, 0.05) is 12.0 Å². The molecular formula is C15H19NO3. The number of benzene rings is 1. The molecule has 0 spiro atoms. The summed E-state index contributed by atoms with van der Waals surface area (Å²) in [7, 11) is 0. The van der Waals surface area contributed by atoms with E-state index in [9.17, 15) is 4.79 Å². The van der Waals surface area contributed by atoms with Crippen LogP contribution in [0.2, 0.25) is 0 Å². The lowest BCUT2D eigenvalue weighted by molar-refractivity contribution is 0.0222. The second kappa shape index (κ2) is 4.15. The van der Waals surface area contributed by atoms with Crippen molar-refractivity contribution in [2.45, 2.75) is 44.9 Å². The van der Waals surface area contributed by atoms with Gasteiger partial charge in [0.2, 0.25) is 0 Å². The van der Waals surface area contributed by atoms with E-state index in [1.807, 2.05) is 45.0 Å². The highest BCUT2D eigenvalue weighted by Gasteiger charge is 2.43. The summed E-state index contributed by atoms with van der Waals surface area (Å²) >= 11 is 0. The number of hydrogen-bond donors (Lipinski definition) is 0. The summed E-state index contributed by atoms with van der Waals surface area (Å²) in [5.41, 5.74) is 0.621. The molecule has 0 aliphatic carbocycles. The minimum absolute atomic E-state index is 0.0878. The average molecular weight is 261 g/mol. The van der Waals surface area contributed by atoms with Gasteiger partial charge in [0.15, 0.2) is 0 Å². The van der Waals surface area contributed by atoms with Crippen molar-refractivity contribution in [2.75, 3.05) is 6.54 Å². The van der Waals surface area contributed by atoms with E-state index in [1.54, 1.807) is 4.90 Å². The summed E-state index contributed by atoms with van der Waals surface area (Å²) in [5, 5.41) is 0. The number of fused-ring (bicyclic) bond motifs is 4. The summed E-state index contributed by atoms with van der Waals surface area (Å²) < 4.78 is 11.4. The predicted octanol–water partition coefficient (Wildman–Crippen LogP) is 3.13. The van der Waals surface area contributed by atoms with Gasteiger partial charge in [-0.15, -0.1) is 0 Å². The minimum atomic E-state index is -0.464. The van der Waals surface area contributed by atoms with Gasteiger partial charge in [-0.05, 0) is 26.8 Å². The first kappa shape index (κ1) is 12.3. The maximum absolute atomic E-state index is 12.3. The van der Waals surface area contributed by atoms with Gasteiger partial charge >= 0.3 is 6.09 Å². The van der Waals surface area contributed by atoms with Crippen molar-refractivity contribution in [2.24, 2.45) is 0 Å². The van der Waals surface area contributed by atoms with E-state index in [4.69, 9.17) is 9.47 Å². The highest BCUT2D eigenvalue weighted by atomic mass is 16.6. The van der Waals surface area contributed by atoms with Crippen molar-refractivity contribution in [3.05, 3.63) is 29.8 Å². The van der Waals surface area contributed by atoms with Crippen LogP contribution in [0, 0.1) is 0 Å². The molecule has 1 aromatic rings. The van der Waals surface area contributed by atoms with E-state index < -0.39 is 5.60 Å². The van der Waals surface area contributed by atoms with E-state index in [-0.39, 0.29) is 18.2 Å². The zero-order valence-electron chi connectivity index (χ0n) is 11.6. The Kier molecular flexibility index (Phi) is 2.69. The Morgan fingerprint density at radius 2 is 2.11 bits per heavy atom. The molecular weight excluding hydrogens is 242 g/mol. The maximum atomic E-state index is 12.3. The molecule has 1 fully saturated rings. The lowest BCUT2D eigenvalue weighted by Gasteiger charge is -2.29. The van der Waals surface area contributed by atoms with Crippen LogP contribution in [0.1, 0.15) is 38.8 Å². The SMILES string of the molecule is CC(C)(C)OC(=O)N1C[C@@H]2C[C@H]1c1ccccc1O2. The van der Waals surface area contributed by atoms with E-state index in [1.165, 1.54) is 0 Å². The first-order valence-electron chi connectivity index (χ1n) is 6.69. The molecule has 2 bridgehead atoms. The van der Waals surface area contributed by atoms with Gasteiger partial charge in [-0.25, -0.2) is 4.79 Å². The fraction of sp³-hybridized carbons (Fsp3) is 0.533. The third kappa shape index (κ3) is 2.27. The summed E-state index contributed by atoms with van der Waals surface area (Å²) in [5.74, 6) is 0.898. The number of carbonyl (C=O) groups is 1. The van der Waals surface area contributed by atoms with Crippen molar-refractivity contribution >= 4 is 6.09 Å². The van der Waals surface area contributed by atoms with E-state index in [2.05, 4.69) is 0 Å². The number of para-hydroxylation sites is 1. The van der Waals surface area contributed by atoms with Crippen LogP contribution in [-0.2, 0) is 4.74 Å².